The van der Waals surface area contributed by atoms with Gasteiger partial charge in [0.05, 0.1) is 6.61 Å². The molecule has 0 saturated carbocycles. The highest BCUT2D eigenvalue weighted by Gasteiger charge is 2.17. The number of hydrogen-bond acceptors (Lipinski definition) is 5. The molecule has 0 rings (SSSR count). The highest BCUT2D eigenvalue weighted by Crippen LogP contribution is 2.14. The van der Waals surface area contributed by atoms with Crippen molar-refractivity contribution in [2.24, 2.45) is 0 Å². The van der Waals surface area contributed by atoms with Crippen LogP contribution in [0.3, 0.4) is 0 Å². The Bertz CT molecular complexity index is 862. The first-order chi connectivity index (χ1) is 26.6. The number of ether oxygens (including phenoxy) is 3. The lowest BCUT2D eigenvalue weighted by Crippen LogP contribution is -2.30. The fourth-order valence-electron chi connectivity index (χ4n) is 6.60. The van der Waals surface area contributed by atoms with E-state index in [0.29, 0.717) is 19.4 Å². The van der Waals surface area contributed by atoms with Gasteiger partial charge in [0.1, 0.15) is 6.61 Å². The number of rotatable bonds is 43. The summed E-state index contributed by atoms with van der Waals surface area (Å²) in [6.45, 7) is 7.72. The van der Waals surface area contributed by atoms with Crippen LogP contribution in [0.25, 0.3) is 0 Å². The van der Waals surface area contributed by atoms with Crippen molar-refractivity contribution in [3.63, 3.8) is 0 Å². The SMILES string of the molecule is CCC/C=C\C/C=C\CCCCCCCC(=O)OCC(COCCCCCCCCCC/C=C\CCCCCCCC)OC(=O)CCCCCCCCC. The van der Waals surface area contributed by atoms with Crippen molar-refractivity contribution in [1.29, 1.82) is 0 Å². The smallest absolute Gasteiger partial charge is 0.306 e. The maximum Gasteiger partial charge on any atom is 0.306 e. The van der Waals surface area contributed by atoms with Crippen molar-refractivity contribution in [2.75, 3.05) is 19.8 Å². The van der Waals surface area contributed by atoms with Crippen molar-refractivity contribution in [3.05, 3.63) is 36.5 Å². The number of hydrogen-bond donors (Lipinski definition) is 0. The molecule has 5 nitrogen and oxygen atoms in total. The predicted molar refractivity (Wildman–Crippen MR) is 233 cm³/mol. The van der Waals surface area contributed by atoms with Crippen LogP contribution >= 0.6 is 0 Å². The maximum absolute atomic E-state index is 12.6. The van der Waals surface area contributed by atoms with Crippen LogP contribution in [0.5, 0.6) is 0 Å². The Balaban J connectivity index is 4.12. The van der Waals surface area contributed by atoms with E-state index in [4.69, 9.17) is 14.2 Å². The molecule has 0 radical (unpaired) electrons. The summed E-state index contributed by atoms with van der Waals surface area (Å²) in [6, 6.07) is 0. The van der Waals surface area contributed by atoms with E-state index in [2.05, 4.69) is 57.2 Å². The summed E-state index contributed by atoms with van der Waals surface area (Å²) in [5, 5.41) is 0. The zero-order chi connectivity index (χ0) is 39.3. The molecule has 0 aromatic rings. The van der Waals surface area contributed by atoms with E-state index in [1.54, 1.807) is 0 Å². The minimum atomic E-state index is -0.536. The first-order valence-corrected chi connectivity index (χ1v) is 23.5. The highest BCUT2D eigenvalue weighted by atomic mass is 16.6. The first kappa shape index (κ1) is 52.1. The Kier molecular flexibility index (Phi) is 43.9. The minimum absolute atomic E-state index is 0.0798. The van der Waals surface area contributed by atoms with Gasteiger partial charge in [-0.2, -0.15) is 0 Å². The number of esters is 2. The standard InChI is InChI=1S/C49H90O5/c1-4-7-10-13-16-18-20-22-23-24-25-26-28-30-32-35-38-41-44-52-45-47(54-49(51)43-40-37-33-15-12-9-6-3)46-53-48(50)42-39-36-34-31-29-27-21-19-17-14-11-8-5-2/h11,14,19,21-23,47H,4-10,12-13,15-18,20,24-46H2,1-3H3/b14-11-,21-19-,23-22-. The Morgan fingerprint density at radius 1 is 0.407 bits per heavy atom. The van der Waals surface area contributed by atoms with Gasteiger partial charge in [0.15, 0.2) is 6.10 Å². The van der Waals surface area contributed by atoms with E-state index >= 15 is 0 Å². The molecule has 0 aromatic carbocycles. The molecule has 316 valence electrons. The molecule has 1 atom stereocenters. The molecule has 0 aromatic heterocycles. The zero-order valence-corrected chi connectivity index (χ0v) is 36.2. The van der Waals surface area contributed by atoms with Crippen LogP contribution in [-0.2, 0) is 23.8 Å². The molecule has 0 amide bonds. The normalized spacial score (nSPS) is 12.4. The largest absolute Gasteiger partial charge is 0.462 e. The van der Waals surface area contributed by atoms with Crippen LogP contribution in [0, 0.1) is 0 Å². The van der Waals surface area contributed by atoms with Crippen LogP contribution < -0.4 is 0 Å². The van der Waals surface area contributed by atoms with Gasteiger partial charge in [0, 0.05) is 19.4 Å². The summed E-state index contributed by atoms with van der Waals surface area (Å²) >= 11 is 0. The third kappa shape index (κ3) is 42.9. The van der Waals surface area contributed by atoms with Gasteiger partial charge in [-0.15, -0.1) is 0 Å². The average Bonchev–Trinajstić information content (AvgIpc) is 3.17. The molecule has 5 heteroatoms. The molecule has 1 unspecified atom stereocenters. The van der Waals surface area contributed by atoms with Gasteiger partial charge in [-0.05, 0) is 70.6 Å². The van der Waals surface area contributed by atoms with Gasteiger partial charge in [0.2, 0.25) is 0 Å². The van der Waals surface area contributed by atoms with Crippen LogP contribution in [0.4, 0.5) is 0 Å². The van der Waals surface area contributed by atoms with Crippen LogP contribution in [0.2, 0.25) is 0 Å². The summed E-state index contributed by atoms with van der Waals surface area (Å²) in [6.07, 6.45) is 53.0. The van der Waals surface area contributed by atoms with E-state index < -0.39 is 6.10 Å². The predicted octanol–water partition coefficient (Wildman–Crippen LogP) is 15.4. The third-order valence-corrected chi connectivity index (χ3v) is 10.1. The van der Waals surface area contributed by atoms with Crippen molar-refractivity contribution in [2.45, 2.75) is 245 Å². The van der Waals surface area contributed by atoms with Gasteiger partial charge in [-0.3, -0.25) is 9.59 Å². The average molecular weight is 759 g/mol. The molecule has 0 spiro atoms. The van der Waals surface area contributed by atoms with Crippen molar-refractivity contribution in [3.8, 4) is 0 Å². The van der Waals surface area contributed by atoms with Gasteiger partial charge < -0.3 is 14.2 Å². The molecular weight excluding hydrogens is 669 g/mol. The number of carbonyl (C=O) groups is 2. The van der Waals surface area contributed by atoms with Gasteiger partial charge in [0.25, 0.3) is 0 Å². The van der Waals surface area contributed by atoms with Crippen molar-refractivity contribution < 1.29 is 23.8 Å². The van der Waals surface area contributed by atoms with Crippen LogP contribution in [0.15, 0.2) is 36.5 Å². The lowest BCUT2D eigenvalue weighted by Gasteiger charge is -2.18. The molecule has 0 fully saturated rings. The molecule has 0 N–H and O–H groups in total. The van der Waals surface area contributed by atoms with E-state index in [-0.39, 0.29) is 25.2 Å². The molecule has 0 aliphatic rings. The van der Waals surface area contributed by atoms with Gasteiger partial charge in [-0.1, -0.05) is 192 Å². The molecule has 0 aliphatic carbocycles. The monoisotopic (exact) mass is 759 g/mol. The Morgan fingerprint density at radius 3 is 1.31 bits per heavy atom. The van der Waals surface area contributed by atoms with E-state index in [1.165, 1.54) is 148 Å². The number of allylic oxidation sites excluding steroid dienone is 6. The third-order valence-electron chi connectivity index (χ3n) is 10.1. The zero-order valence-electron chi connectivity index (χ0n) is 36.2. The highest BCUT2D eigenvalue weighted by molar-refractivity contribution is 5.70. The lowest BCUT2D eigenvalue weighted by molar-refractivity contribution is -0.163. The van der Waals surface area contributed by atoms with Crippen LogP contribution in [-0.4, -0.2) is 37.9 Å². The fraction of sp³-hybridized carbons (Fsp3) is 0.837. The second-order valence-corrected chi connectivity index (χ2v) is 15.7. The van der Waals surface area contributed by atoms with Crippen LogP contribution in [0.1, 0.15) is 239 Å². The van der Waals surface area contributed by atoms with Gasteiger partial charge in [-0.25, -0.2) is 0 Å². The van der Waals surface area contributed by atoms with Crippen molar-refractivity contribution in [1.82, 2.24) is 0 Å². The Hall–Kier alpha value is -1.88. The molecule has 0 heterocycles. The lowest BCUT2D eigenvalue weighted by atomic mass is 10.1. The Morgan fingerprint density at radius 2 is 0.815 bits per heavy atom. The number of unbranched alkanes of at least 4 members (excludes halogenated alkanes) is 26. The quantitative estimate of drug-likeness (QED) is 0.0352. The second-order valence-electron chi connectivity index (χ2n) is 15.7. The summed E-state index contributed by atoms with van der Waals surface area (Å²) in [5.74, 6) is -0.414. The molecule has 0 saturated heterocycles. The summed E-state index contributed by atoms with van der Waals surface area (Å²) in [4.78, 5) is 25.1. The summed E-state index contributed by atoms with van der Waals surface area (Å²) < 4.78 is 17.3. The topological polar surface area (TPSA) is 61.8 Å². The van der Waals surface area contributed by atoms with E-state index in [9.17, 15) is 9.59 Å². The Labute approximate surface area is 336 Å². The first-order valence-electron chi connectivity index (χ1n) is 23.5. The van der Waals surface area contributed by atoms with E-state index in [0.717, 1.165) is 57.8 Å². The number of carbonyl (C=O) groups excluding carboxylic acids is 2. The molecular formula is C49H90O5. The fourth-order valence-corrected chi connectivity index (χ4v) is 6.60. The van der Waals surface area contributed by atoms with Gasteiger partial charge >= 0.3 is 11.9 Å². The second kappa shape index (κ2) is 45.5. The maximum atomic E-state index is 12.6. The summed E-state index contributed by atoms with van der Waals surface area (Å²) in [5.41, 5.74) is 0. The molecule has 54 heavy (non-hydrogen) atoms. The molecule has 0 bridgehead atoms. The van der Waals surface area contributed by atoms with Crippen molar-refractivity contribution >= 4 is 11.9 Å². The summed E-state index contributed by atoms with van der Waals surface area (Å²) in [7, 11) is 0. The molecule has 0 aliphatic heterocycles. The minimum Gasteiger partial charge on any atom is -0.462 e. The van der Waals surface area contributed by atoms with E-state index in [1.807, 2.05) is 0 Å².